The number of aliphatic hydroxyl groups is 2. The molecule has 0 saturated heterocycles. The van der Waals surface area contributed by atoms with Gasteiger partial charge in [-0.05, 0) is 13.8 Å². The zero-order chi connectivity index (χ0) is 7.98. The second kappa shape index (κ2) is 5.65. The second-order valence-corrected chi connectivity index (χ2v) is 2.34. The first kappa shape index (κ1) is 9.88. The van der Waals surface area contributed by atoms with Crippen molar-refractivity contribution in [3.05, 3.63) is 0 Å². The smallest absolute Gasteiger partial charge is 0.0830 e. The summed E-state index contributed by atoms with van der Waals surface area (Å²) in [4.78, 5) is 0. The van der Waals surface area contributed by atoms with E-state index in [2.05, 4.69) is 0 Å². The predicted octanol–water partition coefficient (Wildman–Crippen LogP) is 0.155. The third-order valence-corrected chi connectivity index (χ3v) is 1.21. The summed E-state index contributed by atoms with van der Waals surface area (Å²) in [7, 11) is 0. The van der Waals surface area contributed by atoms with Gasteiger partial charge in [0.15, 0.2) is 0 Å². The van der Waals surface area contributed by atoms with Crippen molar-refractivity contribution in [1.29, 1.82) is 0 Å². The van der Waals surface area contributed by atoms with Gasteiger partial charge >= 0.3 is 0 Å². The van der Waals surface area contributed by atoms with Gasteiger partial charge in [0, 0.05) is 13.0 Å². The Balaban J connectivity index is 3.39. The molecular weight excluding hydrogens is 132 g/mol. The molecule has 2 N–H and O–H groups in total. The maximum atomic E-state index is 8.89. The van der Waals surface area contributed by atoms with Crippen molar-refractivity contribution in [3.63, 3.8) is 0 Å². The molecule has 2 atom stereocenters. The van der Waals surface area contributed by atoms with Crippen LogP contribution in [-0.2, 0) is 4.74 Å². The highest BCUT2D eigenvalue weighted by Crippen LogP contribution is 2.01. The van der Waals surface area contributed by atoms with Gasteiger partial charge < -0.3 is 14.9 Å². The Kier molecular flexibility index (Phi) is 5.58. The summed E-state index contributed by atoms with van der Waals surface area (Å²) in [5.41, 5.74) is 0. The lowest BCUT2D eigenvalue weighted by molar-refractivity contribution is -0.00848. The van der Waals surface area contributed by atoms with Crippen molar-refractivity contribution in [2.45, 2.75) is 32.5 Å². The van der Waals surface area contributed by atoms with Crippen LogP contribution < -0.4 is 0 Å². The summed E-state index contributed by atoms with van der Waals surface area (Å²) in [6.07, 6.45) is -0.0988. The Hall–Kier alpha value is -0.120. The van der Waals surface area contributed by atoms with Gasteiger partial charge in [-0.25, -0.2) is 0 Å². The molecule has 0 bridgehead atoms. The molecule has 0 rings (SSSR count). The normalized spacial score (nSPS) is 16.8. The van der Waals surface area contributed by atoms with E-state index >= 15 is 0 Å². The SMILES string of the molecule is CCOC(CO)CC(C)O. The third kappa shape index (κ3) is 4.73. The molecule has 2 unspecified atom stereocenters. The van der Waals surface area contributed by atoms with E-state index in [0.29, 0.717) is 13.0 Å². The molecule has 0 fully saturated rings. The summed E-state index contributed by atoms with van der Waals surface area (Å²) in [5.74, 6) is 0. The van der Waals surface area contributed by atoms with Crippen molar-refractivity contribution in [1.82, 2.24) is 0 Å². The molecule has 0 heterocycles. The van der Waals surface area contributed by atoms with Gasteiger partial charge in [-0.15, -0.1) is 0 Å². The zero-order valence-electron chi connectivity index (χ0n) is 6.58. The first-order valence-corrected chi connectivity index (χ1v) is 3.61. The summed E-state index contributed by atoms with van der Waals surface area (Å²) < 4.78 is 5.09. The third-order valence-electron chi connectivity index (χ3n) is 1.21. The van der Waals surface area contributed by atoms with E-state index in [1.165, 1.54) is 0 Å². The standard InChI is InChI=1S/C7H16O3/c1-3-10-7(5-8)4-6(2)9/h6-9H,3-5H2,1-2H3. The molecule has 0 aromatic carbocycles. The minimum Gasteiger partial charge on any atom is -0.394 e. The highest BCUT2D eigenvalue weighted by molar-refractivity contribution is 4.59. The first-order chi connectivity index (χ1) is 4.70. The number of rotatable bonds is 5. The minimum atomic E-state index is -0.399. The Morgan fingerprint density at radius 3 is 2.40 bits per heavy atom. The Morgan fingerprint density at radius 1 is 1.50 bits per heavy atom. The summed E-state index contributed by atoms with van der Waals surface area (Å²) in [6.45, 7) is 4.11. The number of hydrogen-bond acceptors (Lipinski definition) is 3. The van der Waals surface area contributed by atoms with Crippen LogP contribution in [0.15, 0.2) is 0 Å². The first-order valence-electron chi connectivity index (χ1n) is 3.61. The minimum absolute atomic E-state index is 0.0151. The van der Waals surface area contributed by atoms with E-state index in [0.717, 1.165) is 0 Å². The molecule has 0 aliphatic heterocycles. The van der Waals surface area contributed by atoms with Crippen molar-refractivity contribution in [3.8, 4) is 0 Å². The van der Waals surface area contributed by atoms with Gasteiger partial charge in [0.2, 0.25) is 0 Å². The number of ether oxygens (including phenoxy) is 1. The fourth-order valence-electron chi connectivity index (χ4n) is 0.811. The Labute approximate surface area is 61.6 Å². The lowest BCUT2D eigenvalue weighted by atomic mass is 10.2. The van der Waals surface area contributed by atoms with Crippen LogP contribution in [0.25, 0.3) is 0 Å². The van der Waals surface area contributed by atoms with E-state index in [1.807, 2.05) is 6.92 Å². The molecule has 0 saturated carbocycles. The molecule has 3 heteroatoms. The summed E-state index contributed by atoms with van der Waals surface area (Å²) in [6, 6.07) is 0. The van der Waals surface area contributed by atoms with Crippen LogP contribution in [0.5, 0.6) is 0 Å². The van der Waals surface area contributed by atoms with Crippen molar-refractivity contribution in [2.24, 2.45) is 0 Å². The highest BCUT2D eigenvalue weighted by atomic mass is 16.5. The summed E-state index contributed by atoms with van der Waals surface area (Å²) in [5, 5.41) is 17.6. The molecule has 0 aromatic rings. The van der Waals surface area contributed by atoms with Gasteiger partial charge in [0.05, 0.1) is 18.8 Å². The van der Waals surface area contributed by atoms with Gasteiger partial charge in [-0.1, -0.05) is 0 Å². The fourth-order valence-corrected chi connectivity index (χ4v) is 0.811. The van der Waals surface area contributed by atoms with Crippen LogP contribution in [-0.4, -0.2) is 35.6 Å². The molecular formula is C7H16O3. The van der Waals surface area contributed by atoms with Gasteiger partial charge in [0.1, 0.15) is 0 Å². The lowest BCUT2D eigenvalue weighted by Crippen LogP contribution is -2.22. The average Bonchev–Trinajstić information content (AvgIpc) is 1.86. The molecule has 0 aromatic heterocycles. The zero-order valence-corrected chi connectivity index (χ0v) is 6.58. The summed E-state index contributed by atoms with van der Waals surface area (Å²) >= 11 is 0. The highest BCUT2D eigenvalue weighted by Gasteiger charge is 2.09. The van der Waals surface area contributed by atoms with Crippen LogP contribution in [0, 0.1) is 0 Å². The van der Waals surface area contributed by atoms with Crippen LogP contribution in [0.2, 0.25) is 0 Å². The number of aliphatic hydroxyl groups excluding tert-OH is 2. The molecule has 3 nitrogen and oxygen atoms in total. The Bertz CT molecular complexity index is 73.3. The molecule has 0 aliphatic carbocycles. The lowest BCUT2D eigenvalue weighted by Gasteiger charge is -2.15. The molecule has 0 amide bonds. The second-order valence-electron chi connectivity index (χ2n) is 2.34. The monoisotopic (exact) mass is 148 g/mol. The molecule has 0 spiro atoms. The van der Waals surface area contributed by atoms with Crippen LogP contribution in [0.3, 0.4) is 0 Å². The largest absolute Gasteiger partial charge is 0.394 e. The van der Waals surface area contributed by atoms with E-state index in [1.54, 1.807) is 6.92 Å². The van der Waals surface area contributed by atoms with Gasteiger partial charge in [-0.2, -0.15) is 0 Å². The topological polar surface area (TPSA) is 49.7 Å². The molecule has 62 valence electrons. The predicted molar refractivity (Wildman–Crippen MR) is 38.8 cm³/mol. The van der Waals surface area contributed by atoms with Crippen LogP contribution in [0.4, 0.5) is 0 Å². The van der Waals surface area contributed by atoms with Crippen LogP contribution >= 0.6 is 0 Å². The van der Waals surface area contributed by atoms with E-state index in [-0.39, 0.29) is 12.7 Å². The van der Waals surface area contributed by atoms with Crippen LogP contribution in [0.1, 0.15) is 20.3 Å². The maximum absolute atomic E-state index is 8.89. The Morgan fingerprint density at radius 2 is 2.10 bits per heavy atom. The van der Waals surface area contributed by atoms with Gasteiger partial charge in [-0.3, -0.25) is 0 Å². The molecule has 0 radical (unpaired) electrons. The number of hydrogen-bond donors (Lipinski definition) is 2. The van der Waals surface area contributed by atoms with Crippen molar-refractivity contribution >= 4 is 0 Å². The molecule has 0 aliphatic rings. The quantitative estimate of drug-likeness (QED) is 0.583. The maximum Gasteiger partial charge on any atom is 0.0830 e. The van der Waals surface area contributed by atoms with Crippen molar-refractivity contribution in [2.75, 3.05) is 13.2 Å². The van der Waals surface area contributed by atoms with Gasteiger partial charge in [0.25, 0.3) is 0 Å². The average molecular weight is 148 g/mol. The van der Waals surface area contributed by atoms with Crippen molar-refractivity contribution < 1.29 is 14.9 Å². The van der Waals surface area contributed by atoms with E-state index in [9.17, 15) is 0 Å². The van der Waals surface area contributed by atoms with E-state index in [4.69, 9.17) is 14.9 Å². The van der Waals surface area contributed by atoms with E-state index < -0.39 is 6.10 Å². The fraction of sp³-hybridized carbons (Fsp3) is 1.00. The molecule has 10 heavy (non-hydrogen) atoms.